The lowest BCUT2D eigenvalue weighted by Crippen LogP contribution is -2.53. The molecule has 1 heterocycles. The van der Waals surface area contributed by atoms with Crippen LogP contribution in [-0.4, -0.2) is 30.2 Å². The van der Waals surface area contributed by atoms with Gasteiger partial charge in [-0.1, -0.05) is 19.1 Å². The van der Waals surface area contributed by atoms with E-state index < -0.39 is 0 Å². The van der Waals surface area contributed by atoms with Crippen LogP contribution in [0.15, 0.2) is 29.2 Å². The fourth-order valence-corrected chi connectivity index (χ4v) is 8.01. The fourth-order valence-electron chi connectivity index (χ4n) is 6.90. The van der Waals surface area contributed by atoms with Crippen LogP contribution in [0.1, 0.15) is 64.7 Å². The van der Waals surface area contributed by atoms with Crippen molar-refractivity contribution in [3.05, 3.63) is 24.3 Å². The Labute approximate surface area is 184 Å². The molecule has 1 aromatic carbocycles. The van der Waals surface area contributed by atoms with Crippen molar-refractivity contribution < 1.29 is 9.59 Å². The Kier molecular flexibility index (Phi) is 5.59. The van der Waals surface area contributed by atoms with Crippen molar-refractivity contribution in [1.82, 2.24) is 5.32 Å². The first-order valence-corrected chi connectivity index (χ1v) is 12.7. The molecule has 30 heavy (non-hydrogen) atoms. The highest BCUT2D eigenvalue weighted by atomic mass is 32.2. The standard InChI is InChI=1S/C25H34N2O2S/c1-17-8-10-27(21-5-2-3-6-22(21)30-17)23(28)7-4-9-26-24(29)25-14-18-11-19(15-25)13-20(12-18)16-25/h2-3,5-6,17-20H,4,7-16H2,1H3,(H,26,29). The Morgan fingerprint density at radius 3 is 2.47 bits per heavy atom. The van der Waals surface area contributed by atoms with E-state index in [1.54, 1.807) is 0 Å². The number of amides is 2. The smallest absolute Gasteiger partial charge is 0.227 e. The lowest BCUT2D eigenvalue weighted by atomic mass is 9.49. The van der Waals surface area contributed by atoms with Crippen molar-refractivity contribution in [2.75, 3.05) is 18.0 Å². The summed E-state index contributed by atoms with van der Waals surface area (Å²) >= 11 is 1.86. The molecule has 5 heteroatoms. The molecule has 0 aromatic heterocycles. The van der Waals surface area contributed by atoms with E-state index in [1.807, 2.05) is 28.8 Å². The maximum atomic E-state index is 13.1. The third-order valence-corrected chi connectivity index (χ3v) is 9.15. The van der Waals surface area contributed by atoms with Gasteiger partial charge in [0.05, 0.1) is 5.69 Å². The van der Waals surface area contributed by atoms with Crippen molar-refractivity contribution in [3.63, 3.8) is 0 Å². The van der Waals surface area contributed by atoms with E-state index in [1.165, 1.54) is 24.2 Å². The molecule has 0 spiro atoms. The molecule has 6 rings (SSSR count). The predicted molar refractivity (Wildman–Crippen MR) is 122 cm³/mol. The zero-order valence-electron chi connectivity index (χ0n) is 18.1. The minimum absolute atomic E-state index is 0.0875. The summed E-state index contributed by atoms with van der Waals surface area (Å²) in [6.45, 7) is 3.63. The van der Waals surface area contributed by atoms with E-state index in [9.17, 15) is 9.59 Å². The van der Waals surface area contributed by atoms with Crippen LogP contribution in [0.2, 0.25) is 0 Å². The quantitative estimate of drug-likeness (QED) is 0.673. The molecule has 1 atom stereocenters. The first-order valence-electron chi connectivity index (χ1n) is 11.9. The molecule has 2 amide bonds. The first-order chi connectivity index (χ1) is 14.5. The summed E-state index contributed by atoms with van der Waals surface area (Å²) in [4.78, 5) is 29.2. The molecule has 1 N–H and O–H groups in total. The van der Waals surface area contributed by atoms with Crippen LogP contribution < -0.4 is 10.2 Å². The highest BCUT2D eigenvalue weighted by molar-refractivity contribution is 8.00. The van der Waals surface area contributed by atoms with E-state index in [4.69, 9.17) is 0 Å². The molecule has 1 unspecified atom stereocenters. The molecule has 4 aliphatic carbocycles. The van der Waals surface area contributed by atoms with Crippen LogP contribution in [0.25, 0.3) is 0 Å². The maximum Gasteiger partial charge on any atom is 0.227 e. The van der Waals surface area contributed by atoms with Crippen molar-refractivity contribution in [2.24, 2.45) is 23.2 Å². The van der Waals surface area contributed by atoms with Gasteiger partial charge < -0.3 is 10.2 Å². The molecular formula is C25H34N2O2S. The van der Waals surface area contributed by atoms with Crippen LogP contribution in [0, 0.1) is 23.2 Å². The Morgan fingerprint density at radius 1 is 1.10 bits per heavy atom. The normalized spacial score (nSPS) is 34.4. The molecule has 162 valence electrons. The van der Waals surface area contributed by atoms with Crippen molar-refractivity contribution in [3.8, 4) is 0 Å². The summed E-state index contributed by atoms with van der Waals surface area (Å²) in [6, 6.07) is 8.24. The summed E-state index contributed by atoms with van der Waals surface area (Å²) in [5, 5.41) is 3.74. The number of thioether (sulfide) groups is 1. The van der Waals surface area contributed by atoms with Gasteiger partial charge >= 0.3 is 0 Å². The number of benzene rings is 1. The lowest BCUT2D eigenvalue weighted by Gasteiger charge is -2.55. The van der Waals surface area contributed by atoms with E-state index in [2.05, 4.69) is 24.4 Å². The molecule has 1 aliphatic heterocycles. The fraction of sp³-hybridized carbons (Fsp3) is 0.680. The van der Waals surface area contributed by atoms with Gasteiger partial charge in [-0.15, -0.1) is 11.8 Å². The molecule has 4 fully saturated rings. The number of fused-ring (bicyclic) bond motifs is 1. The summed E-state index contributed by atoms with van der Waals surface area (Å²) in [6.07, 6.45) is 9.60. The highest BCUT2D eigenvalue weighted by Gasteiger charge is 2.54. The van der Waals surface area contributed by atoms with E-state index in [0.717, 1.165) is 62.1 Å². The number of hydrogen-bond acceptors (Lipinski definition) is 3. The summed E-state index contributed by atoms with van der Waals surface area (Å²) in [7, 11) is 0. The number of rotatable bonds is 5. The molecule has 0 saturated heterocycles. The second kappa shape index (κ2) is 8.22. The Balaban J connectivity index is 1.14. The minimum atomic E-state index is -0.0875. The van der Waals surface area contributed by atoms with Crippen molar-refractivity contribution in [2.45, 2.75) is 74.9 Å². The van der Waals surface area contributed by atoms with Crippen LogP contribution in [0.3, 0.4) is 0 Å². The lowest BCUT2D eigenvalue weighted by molar-refractivity contribution is -0.146. The van der Waals surface area contributed by atoms with Gasteiger partial charge in [0.1, 0.15) is 0 Å². The largest absolute Gasteiger partial charge is 0.356 e. The maximum absolute atomic E-state index is 13.1. The second-order valence-electron chi connectivity index (χ2n) is 10.3. The average molecular weight is 427 g/mol. The van der Waals surface area contributed by atoms with Gasteiger partial charge in [-0.25, -0.2) is 0 Å². The number of nitrogens with zero attached hydrogens (tertiary/aromatic N) is 1. The van der Waals surface area contributed by atoms with Gasteiger partial charge in [0.15, 0.2) is 0 Å². The number of anilines is 1. The summed E-state index contributed by atoms with van der Waals surface area (Å²) in [5.74, 6) is 2.81. The van der Waals surface area contributed by atoms with Crippen LogP contribution >= 0.6 is 11.8 Å². The Morgan fingerprint density at radius 2 is 1.77 bits per heavy atom. The number of para-hydroxylation sites is 1. The zero-order chi connectivity index (χ0) is 20.7. The Bertz CT molecular complexity index is 788. The molecule has 4 bridgehead atoms. The summed E-state index contributed by atoms with van der Waals surface area (Å²) in [5.41, 5.74) is 0.963. The van der Waals surface area contributed by atoms with Gasteiger partial charge in [-0.2, -0.15) is 0 Å². The van der Waals surface area contributed by atoms with Gasteiger partial charge in [-0.05, 0) is 81.3 Å². The molecule has 5 aliphatic rings. The number of carbonyl (C=O) groups excluding carboxylic acids is 2. The average Bonchev–Trinajstić information content (AvgIpc) is 2.88. The van der Waals surface area contributed by atoms with Crippen LogP contribution in [0.4, 0.5) is 5.69 Å². The van der Waals surface area contributed by atoms with Crippen LogP contribution in [-0.2, 0) is 9.59 Å². The van der Waals surface area contributed by atoms with Gasteiger partial charge in [0.2, 0.25) is 11.8 Å². The zero-order valence-corrected chi connectivity index (χ0v) is 18.9. The second-order valence-corrected chi connectivity index (χ2v) is 11.8. The van der Waals surface area contributed by atoms with Crippen molar-refractivity contribution in [1.29, 1.82) is 0 Å². The number of hydrogen-bond donors (Lipinski definition) is 1. The van der Waals surface area contributed by atoms with Gasteiger partial charge in [-0.3, -0.25) is 9.59 Å². The van der Waals surface area contributed by atoms with Crippen LogP contribution in [0.5, 0.6) is 0 Å². The highest BCUT2D eigenvalue weighted by Crippen LogP contribution is 2.60. The summed E-state index contributed by atoms with van der Waals surface area (Å²) < 4.78 is 0. The SMILES string of the molecule is CC1CCN(C(=O)CCCNC(=O)C23CC4CC(CC(C4)C2)C3)c2ccccc2S1. The molecule has 1 aromatic rings. The van der Waals surface area contributed by atoms with E-state index >= 15 is 0 Å². The van der Waals surface area contributed by atoms with E-state index in [0.29, 0.717) is 18.2 Å². The third kappa shape index (κ3) is 3.90. The number of nitrogens with one attached hydrogen (secondary N) is 1. The van der Waals surface area contributed by atoms with E-state index in [-0.39, 0.29) is 17.2 Å². The molecule has 4 nitrogen and oxygen atoms in total. The first kappa shape index (κ1) is 20.4. The van der Waals surface area contributed by atoms with Gasteiger partial charge in [0, 0.05) is 35.1 Å². The number of carbonyl (C=O) groups is 2. The topological polar surface area (TPSA) is 49.4 Å². The third-order valence-electron chi connectivity index (χ3n) is 7.92. The molecule has 4 saturated carbocycles. The minimum Gasteiger partial charge on any atom is -0.356 e. The Hall–Kier alpha value is -1.49. The molecule has 0 radical (unpaired) electrons. The van der Waals surface area contributed by atoms with Crippen molar-refractivity contribution >= 4 is 29.3 Å². The monoisotopic (exact) mass is 426 g/mol. The van der Waals surface area contributed by atoms with Gasteiger partial charge in [0.25, 0.3) is 0 Å². The molecular weight excluding hydrogens is 392 g/mol. The predicted octanol–water partition coefficient (Wildman–Crippen LogP) is 5.02.